The van der Waals surface area contributed by atoms with E-state index in [0.717, 1.165) is 16.2 Å². The Morgan fingerprint density at radius 1 is 1.17 bits per heavy atom. The molecule has 0 fully saturated rings. The van der Waals surface area contributed by atoms with Crippen LogP contribution in [0.2, 0.25) is 0 Å². The molecule has 0 bridgehead atoms. The first-order chi connectivity index (χ1) is 11.1. The average Bonchev–Trinajstić information content (AvgIpc) is 2.56. The Morgan fingerprint density at radius 3 is 2.70 bits per heavy atom. The molecule has 1 aliphatic rings. The Labute approximate surface area is 133 Å². The van der Waals surface area contributed by atoms with E-state index in [4.69, 9.17) is 0 Å². The minimum absolute atomic E-state index is 0.152. The maximum absolute atomic E-state index is 12.8. The van der Waals surface area contributed by atoms with Crippen molar-refractivity contribution in [2.45, 2.75) is 6.42 Å². The first-order valence-electron chi connectivity index (χ1n) is 7.42. The van der Waals surface area contributed by atoms with Crippen molar-refractivity contribution < 1.29 is 14.4 Å². The molecule has 1 aliphatic heterocycles. The number of hydrogen-bond donors (Lipinski definition) is 2. The van der Waals surface area contributed by atoms with Crippen LogP contribution in [0.1, 0.15) is 11.1 Å². The van der Waals surface area contributed by atoms with E-state index in [9.17, 15) is 14.4 Å². The highest BCUT2D eigenvalue weighted by atomic mass is 19.1. The number of anilines is 1. The molecule has 0 aromatic heterocycles. The van der Waals surface area contributed by atoms with Crippen LogP contribution in [0.3, 0.4) is 0 Å². The molecular formula is C18H17FN2O2. The fourth-order valence-electron chi connectivity index (χ4n) is 2.55. The molecule has 5 heteroatoms. The molecule has 0 unspecified atom stereocenters. The zero-order chi connectivity index (χ0) is 16.2. The molecule has 2 aromatic rings. The quantitative estimate of drug-likeness (QED) is 0.913. The number of halogens is 1. The van der Waals surface area contributed by atoms with Crippen molar-refractivity contribution >= 4 is 17.7 Å². The maximum atomic E-state index is 12.8. The first kappa shape index (κ1) is 15.2. The second-order valence-corrected chi connectivity index (χ2v) is 5.42. The van der Waals surface area contributed by atoms with Gasteiger partial charge in [0, 0.05) is 17.7 Å². The van der Waals surface area contributed by atoms with Gasteiger partial charge in [-0.05, 0) is 36.3 Å². The topological polar surface area (TPSA) is 52.6 Å². The largest absolute Gasteiger partial charge is 0.352 e. The molecule has 0 saturated carbocycles. The number of carbonyl (C=O) groups excluding carboxylic acids is 1. The summed E-state index contributed by atoms with van der Waals surface area (Å²) in [7, 11) is 0. The SMILES string of the molecule is O=C(NCCc1ccc(F)cc1)C1=Cc2ccccc2N(O)C1. The molecule has 0 spiro atoms. The van der Waals surface area contributed by atoms with Gasteiger partial charge in [0.05, 0.1) is 12.2 Å². The summed E-state index contributed by atoms with van der Waals surface area (Å²) in [6.07, 6.45) is 2.41. The number of hydrogen-bond acceptors (Lipinski definition) is 3. The van der Waals surface area contributed by atoms with Crippen LogP contribution < -0.4 is 10.4 Å². The van der Waals surface area contributed by atoms with E-state index in [1.54, 1.807) is 24.3 Å². The third-order valence-electron chi connectivity index (χ3n) is 3.77. The van der Waals surface area contributed by atoms with Crippen LogP contribution in [0, 0.1) is 5.82 Å². The zero-order valence-corrected chi connectivity index (χ0v) is 12.5. The van der Waals surface area contributed by atoms with E-state index in [1.807, 2.05) is 18.2 Å². The van der Waals surface area contributed by atoms with Gasteiger partial charge in [-0.1, -0.05) is 30.3 Å². The van der Waals surface area contributed by atoms with Crippen molar-refractivity contribution in [2.75, 3.05) is 18.2 Å². The highest BCUT2D eigenvalue weighted by Crippen LogP contribution is 2.26. The number of benzene rings is 2. The van der Waals surface area contributed by atoms with E-state index in [0.29, 0.717) is 24.2 Å². The third-order valence-corrected chi connectivity index (χ3v) is 3.77. The van der Waals surface area contributed by atoms with Gasteiger partial charge in [0.25, 0.3) is 0 Å². The van der Waals surface area contributed by atoms with Gasteiger partial charge in [-0.2, -0.15) is 0 Å². The predicted octanol–water partition coefficient (Wildman–Crippen LogP) is 2.78. The van der Waals surface area contributed by atoms with Gasteiger partial charge < -0.3 is 5.32 Å². The maximum Gasteiger partial charge on any atom is 0.249 e. The minimum Gasteiger partial charge on any atom is -0.352 e. The summed E-state index contributed by atoms with van der Waals surface area (Å²) in [5, 5.41) is 13.9. The summed E-state index contributed by atoms with van der Waals surface area (Å²) in [6.45, 7) is 0.605. The lowest BCUT2D eigenvalue weighted by Crippen LogP contribution is -2.34. The smallest absolute Gasteiger partial charge is 0.249 e. The van der Waals surface area contributed by atoms with Crippen LogP contribution in [0.5, 0.6) is 0 Å². The van der Waals surface area contributed by atoms with Gasteiger partial charge in [0.1, 0.15) is 5.82 Å². The Hall–Kier alpha value is -2.66. The number of nitrogens with one attached hydrogen (secondary N) is 1. The van der Waals surface area contributed by atoms with E-state index in [-0.39, 0.29) is 18.3 Å². The molecule has 23 heavy (non-hydrogen) atoms. The molecular weight excluding hydrogens is 295 g/mol. The van der Waals surface area contributed by atoms with E-state index in [1.165, 1.54) is 12.1 Å². The monoisotopic (exact) mass is 312 g/mol. The number of para-hydroxylation sites is 1. The van der Waals surface area contributed by atoms with Crippen LogP contribution in [-0.2, 0) is 11.2 Å². The van der Waals surface area contributed by atoms with Crippen LogP contribution in [0.25, 0.3) is 6.08 Å². The molecule has 2 aromatic carbocycles. The summed E-state index contributed by atoms with van der Waals surface area (Å²) >= 11 is 0. The van der Waals surface area contributed by atoms with Gasteiger partial charge >= 0.3 is 0 Å². The molecule has 118 valence electrons. The van der Waals surface area contributed by atoms with Crippen molar-refractivity contribution in [3.05, 3.63) is 71.0 Å². The second-order valence-electron chi connectivity index (χ2n) is 5.42. The zero-order valence-electron chi connectivity index (χ0n) is 12.5. The van der Waals surface area contributed by atoms with Crippen molar-refractivity contribution in [1.29, 1.82) is 0 Å². The summed E-state index contributed by atoms with van der Waals surface area (Å²) in [5.41, 5.74) is 2.96. The van der Waals surface area contributed by atoms with Crippen molar-refractivity contribution in [3.63, 3.8) is 0 Å². The third kappa shape index (κ3) is 3.57. The lowest BCUT2D eigenvalue weighted by molar-refractivity contribution is -0.117. The van der Waals surface area contributed by atoms with E-state index >= 15 is 0 Å². The van der Waals surface area contributed by atoms with Crippen LogP contribution >= 0.6 is 0 Å². The molecule has 0 aliphatic carbocycles. The Balaban J connectivity index is 1.61. The summed E-state index contributed by atoms with van der Waals surface area (Å²) in [6, 6.07) is 13.6. The van der Waals surface area contributed by atoms with Crippen molar-refractivity contribution in [3.8, 4) is 0 Å². The van der Waals surface area contributed by atoms with Crippen LogP contribution in [0.15, 0.2) is 54.1 Å². The summed E-state index contributed by atoms with van der Waals surface area (Å²) in [4.78, 5) is 12.2. The van der Waals surface area contributed by atoms with Crippen molar-refractivity contribution in [2.24, 2.45) is 0 Å². The Bertz CT molecular complexity index is 741. The van der Waals surface area contributed by atoms with Gasteiger partial charge in [-0.15, -0.1) is 0 Å². The number of carbonyl (C=O) groups is 1. The second kappa shape index (κ2) is 6.62. The summed E-state index contributed by atoms with van der Waals surface area (Å²) < 4.78 is 12.8. The fourth-order valence-corrected chi connectivity index (χ4v) is 2.55. The molecule has 4 nitrogen and oxygen atoms in total. The summed E-state index contributed by atoms with van der Waals surface area (Å²) in [5.74, 6) is -0.479. The lowest BCUT2D eigenvalue weighted by atomic mass is 10.0. The standard InChI is InChI=1S/C18H17FN2O2/c19-16-7-5-13(6-8-16)9-10-20-18(22)15-11-14-3-1-2-4-17(14)21(23)12-15/h1-8,11,23H,9-10,12H2,(H,20,22). The molecule has 1 heterocycles. The van der Waals surface area contributed by atoms with Gasteiger partial charge in [0.2, 0.25) is 5.91 Å². The molecule has 0 atom stereocenters. The molecule has 0 radical (unpaired) electrons. The van der Waals surface area contributed by atoms with E-state index in [2.05, 4.69) is 5.32 Å². The number of fused-ring (bicyclic) bond motifs is 1. The Kier molecular flexibility index (Phi) is 4.39. The molecule has 2 N–H and O–H groups in total. The minimum atomic E-state index is -0.271. The lowest BCUT2D eigenvalue weighted by Gasteiger charge is -2.25. The van der Waals surface area contributed by atoms with Crippen LogP contribution in [0.4, 0.5) is 10.1 Å². The predicted molar refractivity (Wildman–Crippen MR) is 86.7 cm³/mol. The fraction of sp³-hybridized carbons (Fsp3) is 0.167. The highest BCUT2D eigenvalue weighted by molar-refractivity contribution is 6.00. The molecule has 0 saturated heterocycles. The van der Waals surface area contributed by atoms with Crippen LogP contribution in [-0.4, -0.2) is 24.2 Å². The normalized spacial score (nSPS) is 13.3. The highest BCUT2D eigenvalue weighted by Gasteiger charge is 2.20. The number of amides is 1. The molecule has 1 amide bonds. The van der Waals surface area contributed by atoms with Gasteiger partial charge in [0.15, 0.2) is 0 Å². The number of hydroxylamine groups is 1. The van der Waals surface area contributed by atoms with Gasteiger partial charge in [-0.25, -0.2) is 4.39 Å². The number of nitrogens with zero attached hydrogens (tertiary/aromatic N) is 1. The average molecular weight is 312 g/mol. The van der Waals surface area contributed by atoms with Crippen molar-refractivity contribution in [1.82, 2.24) is 5.32 Å². The van der Waals surface area contributed by atoms with E-state index < -0.39 is 0 Å². The number of rotatable bonds is 4. The van der Waals surface area contributed by atoms with Gasteiger partial charge in [-0.3, -0.25) is 15.1 Å². The Morgan fingerprint density at radius 2 is 1.91 bits per heavy atom. The molecule has 3 rings (SSSR count). The first-order valence-corrected chi connectivity index (χ1v) is 7.42.